The maximum Gasteiger partial charge on any atom is 0.351 e. The summed E-state index contributed by atoms with van der Waals surface area (Å²) in [6.07, 6.45) is 1.83. The number of hydrogen-bond donors (Lipinski definition) is 2. The van der Waals surface area contributed by atoms with E-state index in [1.807, 2.05) is 30.5 Å². The Bertz CT molecular complexity index is 632. The molecule has 7 heteroatoms. The molecule has 2 aromatic rings. The molecule has 128 valence electrons. The first-order chi connectivity index (χ1) is 11.4. The van der Waals surface area contributed by atoms with E-state index in [1.165, 1.54) is 5.56 Å². The van der Waals surface area contributed by atoms with E-state index in [9.17, 15) is 0 Å². The first-order valence-electron chi connectivity index (χ1n) is 7.25. The number of nitrogens with zero attached hydrogens (tertiary/aromatic N) is 1. The number of hydrogen-bond acceptors (Lipinski definition) is 5. The summed E-state index contributed by atoms with van der Waals surface area (Å²) in [5, 5.41) is 18.6. The van der Waals surface area contributed by atoms with Crippen molar-refractivity contribution in [2.24, 2.45) is 0 Å². The summed E-state index contributed by atoms with van der Waals surface area (Å²) in [7, 11) is 1.69. The minimum Gasteiger partial charge on any atom is -0.539 e. The van der Waals surface area contributed by atoms with Gasteiger partial charge >= 0.3 is 5.97 Å². The average molecular weight is 332 g/mol. The molecule has 0 saturated carbocycles. The lowest BCUT2D eigenvalue weighted by Gasteiger charge is -2.11. The van der Waals surface area contributed by atoms with E-state index < -0.39 is 11.9 Å². The van der Waals surface area contributed by atoms with E-state index in [0.717, 1.165) is 18.0 Å². The summed E-state index contributed by atoms with van der Waals surface area (Å²) in [5.74, 6) is -3.11. The molecule has 0 aliphatic rings. The van der Waals surface area contributed by atoms with Crippen molar-refractivity contribution in [3.05, 3.63) is 59.9 Å². The molecule has 1 atom stereocenters. The van der Waals surface area contributed by atoms with Crippen LogP contribution < -0.4 is 15.2 Å². The molecule has 1 aromatic heterocycles. The van der Waals surface area contributed by atoms with E-state index in [-0.39, 0.29) is 0 Å². The van der Waals surface area contributed by atoms with Crippen molar-refractivity contribution in [3.8, 4) is 5.75 Å². The number of carbonyl (C=O) groups excluding carboxylic acids is 1. The highest BCUT2D eigenvalue weighted by Crippen LogP contribution is 2.14. The van der Waals surface area contributed by atoms with Crippen LogP contribution in [0, 0.1) is 0 Å². The molecular weight excluding hydrogens is 312 g/mol. The van der Waals surface area contributed by atoms with Crippen LogP contribution in [-0.2, 0) is 16.1 Å². The Balaban J connectivity index is 0.000000413. The number of pyridine rings is 1. The Labute approximate surface area is 139 Å². The lowest BCUT2D eigenvalue weighted by atomic mass is 10.1. The topological polar surface area (TPSA) is 116 Å². The van der Waals surface area contributed by atoms with Crippen LogP contribution in [0.3, 0.4) is 0 Å². The molecule has 0 fully saturated rings. The molecule has 0 radical (unpaired) electrons. The Morgan fingerprint density at radius 3 is 2.33 bits per heavy atom. The third-order valence-electron chi connectivity index (χ3n) is 3.22. The number of benzene rings is 1. The molecule has 0 amide bonds. The van der Waals surface area contributed by atoms with Gasteiger partial charge in [-0.15, -0.1) is 0 Å². The zero-order valence-electron chi connectivity index (χ0n) is 13.5. The van der Waals surface area contributed by atoms with Crippen LogP contribution >= 0.6 is 0 Å². The van der Waals surface area contributed by atoms with Gasteiger partial charge in [-0.05, 0) is 43.3 Å². The van der Waals surface area contributed by atoms with Gasteiger partial charge in [-0.1, -0.05) is 6.07 Å². The Hall–Kier alpha value is -2.93. The van der Waals surface area contributed by atoms with E-state index in [2.05, 4.69) is 35.4 Å². The largest absolute Gasteiger partial charge is 0.539 e. The third-order valence-corrected chi connectivity index (χ3v) is 3.22. The summed E-state index contributed by atoms with van der Waals surface area (Å²) in [6.45, 7) is 3.10. The van der Waals surface area contributed by atoms with Crippen LogP contribution in [0.2, 0.25) is 0 Å². The third kappa shape index (κ3) is 6.89. The van der Waals surface area contributed by atoms with Crippen molar-refractivity contribution in [2.75, 3.05) is 7.11 Å². The molecule has 24 heavy (non-hydrogen) atoms. The molecule has 1 unspecified atom stereocenters. The number of quaternary nitrogens is 1. The van der Waals surface area contributed by atoms with Crippen LogP contribution in [-0.4, -0.2) is 29.1 Å². The van der Waals surface area contributed by atoms with Crippen LogP contribution in [0.15, 0.2) is 48.7 Å². The molecule has 0 bridgehead atoms. The molecule has 3 N–H and O–H groups in total. The second-order valence-electron chi connectivity index (χ2n) is 4.92. The minimum absolute atomic E-state index is 0.415. The summed E-state index contributed by atoms with van der Waals surface area (Å²) in [6, 6.07) is 14.7. The van der Waals surface area contributed by atoms with E-state index in [1.54, 1.807) is 7.11 Å². The molecule has 0 saturated heterocycles. The van der Waals surface area contributed by atoms with Crippen molar-refractivity contribution < 1.29 is 29.9 Å². The number of carboxylic acids is 2. The smallest absolute Gasteiger partial charge is 0.351 e. The highest BCUT2D eigenvalue weighted by Gasteiger charge is 2.08. The molecule has 0 aliphatic carbocycles. The molecule has 0 spiro atoms. The molecule has 0 aliphatic heterocycles. The fraction of sp³-hybridized carbons (Fsp3) is 0.235. The maximum atomic E-state index is 9.04. The number of ether oxygens (including phenoxy) is 1. The van der Waals surface area contributed by atoms with Gasteiger partial charge in [0, 0.05) is 11.8 Å². The predicted molar refractivity (Wildman–Crippen MR) is 83.9 cm³/mol. The number of carbonyl (C=O) groups is 2. The number of aliphatic carboxylic acids is 2. The van der Waals surface area contributed by atoms with Gasteiger partial charge in [0.1, 0.15) is 18.3 Å². The molecule has 1 aromatic carbocycles. The zero-order valence-corrected chi connectivity index (χ0v) is 13.5. The van der Waals surface area contributed by atoms with Crippen LogP contribution in [0.25, 0.3) is 0 Å². The van der Waals surface area contributed by atoms with Crippen molar-refractivity contribution in [1.82, 2.24) is 4.98 Å². The van der Waals surface area contributed by atoms with Crippen LogP contribution in [0.1, 0.15) is 24.2 Å². The van der Waals surface area contributed by atoms with Gasteiger partial charge in [0.05, 0.1) is 12.8 Å². The second-order valence-corrected chi connectivity index (χ2v) is 4.92. The van der Waals surface area contributed by atoms with Gasteiger partial charge < -0.3 is 25.1 Å². The van der Waals surface area contributed by atoms with E-state index >= 15 is 0 Å². The Morgan fingerprint density at radius 2 is 1.88 bits per heavy atom. The molecular formula is C17H20N2O5. The summed E-state index contributed by atoms with van der Waals surface area (Å²) < 4.78 is 5.16. The number of nitrogens with two attached hydrogens (primary N) is 1. The quantitative estimate of drug-likeness (QED) is 0.729. The van der Waals surface area contributed by atoms with Gasteiger partial charge in [-0.25, -0.2) is 4.79 Å². The van der Waals surface area contributed by atoms with E-state index in [0.29, 0.717) is 6.04 Å². The summed E-state index contributed by atoms with van der Waals surface area (Å²) in [5.41, 5.74) is 2.41. The maximum absolute atomic E-state index is 9.04. The van der Waals surface area contributed by atoms with Crippen molar-refractivity contribution in [3.63, 3.8) is 0 Å². The second kappa shape index (κ2) is 9.96. The van der Waals surface area contributed by atoms with Crippen molar-refractivity contribution in [2.45, 2.75) is 19.5 Å². The van der Waals surface area contributed by atoms with Gasteiger partial charge in [0.2, 0.25) is 0 Å². The molecule has 7 nitrogen and oxygen atoms in total. The predicted octanol–water partition coefficient (Wildman–Crippen LogP) is -0.264. The van der Waals surface area contributed by atoms with Gasteiger partial charge in [-0.2, -0.15) is 0 Å². The number of aromatic nitrogens is 1. The highest BCUT2D eigenvalue weighted by atomic mass is 16.5. The SMILES string of the molecule is COc1ccc(C(C)[NH2+]Cc2ccccn2)cc1.O=C([O-])C(=O)O. The summed E-state index contributed by atoms with van der Waals surface area (Å²) in [4.78, 5) is 22.3. The number of rotatable bonds is 5. The highest BCUT2D eigenvalue weighted by molar-refractivity contribution is 6.26. The normalized spacial score (nSPS) is 10.9. The lowest BCUT2D eigenvalue weighted by molar-refractivity contribution is -0.708. The van der Waals surface area contributed by atoms with Crippen molar-refractivity contribution >= 4 is 11.9 Å². The lowest BCUT2D eigenvalue weighted by Crippen LogP contribution is -2.83. The molecule has 1 heterocycles. The van der Waals surface area contributed by atoms with Gasteiger partial charge in [-0.3, -0.25) is 4.98 Å². The van der Waals surface area contributed by atoms with Crippen LogP contribution in [0.5, 0.6) is 5.75 Å². The van der Waals surface area contributed by atoms with E-state index in [4.69, 9.17) is 24.5 Å². The fourth-order valence-electron chi connectivity index (χ4n) is 1.86. The first-order valence-corrected chi connectivity index (χ1v) is 7.25. The van der Waals surface area contributed by atoms with Crippen molar-refractivity contribution in [1.29, 1.82) is 0 Å². The standard InChI is InChI=1S/C15H18N2O.C2H2O4/c1-12(13-6-8-15(18-2)9-7-13)17-11-14-5-3-4-10-16-14;3-1(4)2(5)6/h3-10,12,17H,11H2,1-2H3;(H,3,4)(H,5,6). The minimum atomic E-state index is -2.07. The number of methoxy groups -OCH3 is 1. The first kappa shape index (κ1) is 19.1. The Morgan fingerprint density at radius 1 is 1.25 bits per heavy atom. The summed E-state index contributed by atoms with van der Waals surface area (Å²) >= 11 is 0. The molecule has 2 rings (SSSR count). The average Bonchev–Trinajstić information content (AvgIpc) is 2.61. The van der Waals surface area contributed by atoms with Gasteiger partial charge in [0.15, 0.2) is 5.97 Å². The van der Waals surface area contributed by atoms with Crippen LogP contribution in [0.4, 0.5) is 0 Å². The number of carboxylic acid groups (broad SMARTS) is 2. The Kier molecular flexibility index (Phi) is 7.93. The zero-order chi connectivity index (χ0) is 17.9. The van der Waals surface area contributed by atoms with Gasteiger partial charge in [0.25, 0.3) is 0 Å². The fourth-order valence-corrected chi connectivity index (χ4v) is 1.86. The monoisotopic (exact) mass is 332 g/mol.